The smallest absolute Gasteiger partial charge is 0.277 e. The molecule has 2 N–H and O–H groups in total. The number of nitrogens with zero attached hydrogens (tertiary/aromatic N) is 2. The molecule has 1 amide bonds. The van der Waals surface area contributed by atoms with E-state index in [1.54, 1.807) is 17.0 Å². The second-order valence-electron chi connectivity index (χ2n) is 6.11. The summed E-state index contributed by atoms with van der Waals surface area (Å²) in [6, 6.07) is 3.30. The monoisotopic (exact) mass is 363 g/mol. The standard InChI is InChI=1S/C18H26N4O4/c1-6-22(7-2)17(23)11-21(3)10-16-19-13-9-15(26-5)14(25-4)8-12(13)18(24)20-16/h8-9H,6-7,10-11H2,1-5H3,(H,19,20,24)/p+1. The van der Waals surface area contributed by atoms with Crippen LogP contribution in [-0.4, -0.2) is 61.7 Å². The average molecular weight is 363 g/mol. The van der Waals surface area contributed by atoms with E-state index in [1.165, 1.54) is 14.2 Å². The summed E-state index contributed by atoms with van der Waals surface area (Å²) in [7, 11) is 4.96. The van der Waals surface area contributed by atoms with Crippen molar-refractivity contribution in [2.24, 2.45) is 0 Å². The van der Waals surface area contributed by atoms with Gasteiger partial charge in [0.1, 0.15) is 6.54 Å². The summed E-state index contributed by atoms with van der Waals surface area (Å²) in [5, 5.41) is 0.434. The average Bonchev–Trinajstić information content (AvgIpc) is 2.61. The molecule has 1 aromatic carbocycles. The van der Waals surface area contributed by atoms with Crippen molar-refractivity contribution in [3.05, 3.63) is 28.3 Å². The van der Waals surface area contributed by atoms with Crippen LogP contribution >= 0.6 is 0 Å². The van der Waals surface area contributed by atoms with E-state index in [1.807, 2.05) is 20.9 Å². The number of carbonyl (C=O) groups is 1. The lowest BCUT2D eigenvalue weighted by Crippen LogP contribution is -3.09. The Bertz CT molecular complexity index is 830. The van der Waals surface area contributed by atoms with Crippen molar-refractivity contribution in [1.29, 1.82) is 0 Å². The number of rotatable bonds is 8. The molecular weight excluding hydrogens is 336 g/mol. The Morgan fingerprint density at radius 3 is 2.38 bits per heavy atom. The molecular formula is C18H27N4O4+. The van der Waals surface area contributed by atoms with Crippen LogP contribution in [0, 0.1) is 0 Å². The molecule has 1 atom stereocenters. The fourth-order valence-corrected chi connectivity index (χ4v) is 2.89. The first-order valence-electron chi connectivity index (χ1n) is 8.67. The van der Waals surface area contributed by atoms with Crippen LogP contribution in [-0.2, 0) is 11.3 Å². The lowest BCUT2D eigenvalue weighted by atomic mass is 10.2. The van der Waals surface area contributed by atoms with E-state index in [4.69, 9.17) is 9.47 Å². The van der Waals surface area contributed by atoms with Crippen molar-refractivity contribution in [2.75, 3.05) is 40.9 Å². The van der Waals surface area contributed by atoms with E-state index in [9.17, 15) is 9.59 Å². The number of amides is 1. The molecule has 2 rings (SSSR count). The third-order valence-corrected chi connectivity index (χ3v) is 4.30. The first-order valence-corrected chi connectivity index (χ1v) is 8.67. The number of quaternary nitrogens is 1. The molecule has 0 radical (unpaired) electrons. The number of H-pyrrole nitrogens is 1. The van der Waals surface area contributed by atoms with Gasteiger partial charge in [-0.2, -0.15) is 0 Å². The molecule has 0 saturated carbocycles. The number of hydrogen-bond acceptors (Lipinski definition) is 5. The highest BCUT2D eigenvalue weighted by Gasteiger charge is 2.17. The molecule has 8 heteroatoms. The maximum Gasteiger partial charge on any atom is 0.277 e. The van der Waals surface area contributed by atoms with E-state index in [-0.39, 0.29) is 11.5 Å². The van der Waals surface area contributed by atoms with Gasteiger partial charge in [-0.3, -0.25) is 9.59 Å². The van der Waals surface area contributed by atoms with Crippen LogP contribution in [0.15, 0.2) is 16.9 Å². The van der Waals surface area contributed by atoms with Crippen molar-refractivity contribution >= 4 is 16.8 Å². The zero-order valence-corrected chi connectivity index (χ0v) is 16.0. The zero-order valence-electron chi connectivity index (χ0n) is 16.0. The van der Waals surface area contributed by atoms with E-state index in [2.05, 4.69) is 9.97 Å². The molecule has 2 aromatic rings. The first kappa shape index (κ1) is 19.7. The van der Waals surface area contributed by atoms with Crippen LogP contribution in [0.1, 0.15) is 19.7 Å². The van der Waals surface area contributed by atoms with Gasteiger partial charge in [-0.15, -0.1) is 0 Å². The van der Waals surface area contributed by atoms with Gasteiger partial charge in [-0.25, -0.2) is 4.98 Å². The van der Waals surface area contributed by atoms with Gasteiger partial charge >= 0.3 is 0 Å². The van der Waals surface area contributed by atoms with Crippen LogP contribution in [0.3, 0.4) is 0 Å². The molecule has 8 nitrogen and oxygen atoms in total. The quantitative estimate of drug-likeness (QED) is 0.679. The normalized spacial score (nSPS) is 12.0. The van der Waals surface area contributed by atoms with E-state index < -0.39 is 0 Å². The van der Waals surface area contributed by atoms with Gasteiger partial charge < -0.3 is 24.3 Å². The van der Waals surface area contributed by atoms with Crippen molar-refractivity contribution < 1.29 is 19.2 Å². The molecule has 142 valence electrons. The molecule has 0 saturated heterocycles. The molecule has 0 aliphatic carbocycles. The van der Waals surface area contributed by atoms with Crippen molar-refractivity contribution in [3.8, 4) is 11.5 Å². The molecule has 0 aliphatic rings. The fourth-order valence-electron chi connectivity index (χ4n) is 2.89. The highest BCUT2D eigenvalue weighted by molar-refractivity contribution is 5.81. The Balaban J connectivity index is 2.25. The summed E-state index contributed by atoms with van der Waals surface area (Å²) in [6.07, 6.45) is 0. The minimum atomic E-state index is -0.242. The second-order valence-corrected chi connectivity index (χ2v) is 6.11. The predicted octanol–water partition coefficient (Wildman–Crippen LogP) is -0.177. The molecule has 1 heterocycles. The van der Waals surface area contributed by atoms with Crippen LogP contribution < -0.4 is 19.9 Å². The Morgan fingerprint density at radius 1 is 1.19 bits per heavy atom. The zero-order chi connectivity index (χ0) is 19.3. The summed E-state index contributed by atoms with van der Waals surface area (Å²) in [5.74, 6) is 1.61. The fraction of sp³-hybridized carbons (Fsp3) is 0.500. The number of nitrogens with one attached hydrogen (secondary N) is 2. The summed E-state index contributed by atoms with van der Waals surface area (Å²) in [6.45, 7) is 6.08. The maximum atomic E-state index is 12.4. The van der Waals surface area contributed by atoms with Gasteiger partial charge in [-0.05, 0) is 19.9 Å². The van der Waals surface area contributed by atoms with Gasteiger partial charge in [0.25, 0.3) is 11.5 Å². The van der Waals surface area contributed by atoms with Crippen molar-refractivity contribution in [1.82, 2.24) is 14.9 Å². The van der Waals surface area contributed by atoms with Crippen molar-refractivity contribution in [3.63, 3.8) is 0 Å². The molecule has 0 spiro atoms. The third-order valence-electron chi connectivity index (χ3n) is 4.30. The SMILES string of the molecule is CCN(CC)C(=O)C[NH+](C)Cc1nc2cc(OC)c(OC)cc2c(=O)[nH]1. The number of likely N-dealkylation sites (N-methyl/N-ethyl adjacent to an activating group) is 2. The first-order chi connectivity index (χ1) is 12.4. The number of ether oxygens (including phenoxy) is 2. The lowest BCUT2D eigenvalue weighted by Gasteiger charge is -2.21. The Kier molecular flexibility index (Phi) is 6.57. The second kappa shape index (κ2) is 8.66. The van der Waals surface area contributed by atoms with Crippen molar-refractivity contribution in [2.45, 2.75) is 20.4 Å². The number of methoxy groups -OCH3 is 2. The highest BCUT2D eigenvalue weighted by atomic mass is 16.5. The van der Waals surface area contributed by atoms with Gasteiger partial charge in [0.2, 0.25) is 0 Å². The minimum absolute atomic E-state index is 0.0852. The van der Waals surface area contributed by atoms with Gasteiger partial charge in [0.05, 0.1) is 32.2 Å². The van der Waals surface area contributed by atoms with E-state index in [0.29, 0.717) is 54.4 Å². The lowest BCUT2D eigenvalue weighted by molar-refractivity contribution is -0.886. The largest absolute Gasteiger partial charge is 0.493 e. The van der Waals surface area contributed by atoms with E-state index >= 15 is 0 Å². The summed E-state index contributed by atoms with van der Waals surface area (Å²) in [4.78, 5) is 34.7. The van der Waals surface area contributed by atoms with Crippen LogP contribution in [0.25, 0.3) is 10.9 Å². The van der Waals surface area contributed by atoms with Crippen LogP contribution in [0.2, 0.25) is 0 Å². The summed E-state index contributed by atoms with van der Waals surface area (Å²) in [5.41, 5.74) is 0.290. The minimum Gasteiger partial charge on any atom is -0.493 e. The number of aromatic amines is 1. The van der Waals surface area contributed by atoms with Gasteiger partial charge in [-0.1, -0.05) is 0 Å². The summed E-state index contributed by atoms with van der Waals surface area (Å²) < 4.78 is 10.5. The highest BCUT2D eigenvalue weighted by Crippen LogP contribution is 2.29. The maximum absolute atomic E-state index is 12.4. The summed E-state index contributed by atoms with van der Waals surface area (Å²) >= 11 is 0. The number of fused-ring (bicyclic) bond motifs is 1. The molecule has 0 aliphatic heterocycles. The number of hydrogen-bond donors (Lipinski definition) is 2. The Hall–Kier alpha value is -2.61. The molecule has 0 bridgehead atoms. The Morgan fingerprint density at radius 2 is 1.81 bits per heavy atom. The predicted molar refractivity (Wildman–Crippen MR) is 98.9 cm³/mol. The number of benzene rings is 1. The Labute approximate surface area is 152 Å². The van der Waals surface area contributed by atoms with Crippen LogP contribution in [0.5, 0.6) is 11.5 Å². The number of carbonyl (C=O) groups excluding carboxylic acids is 1. The van der Waals surface area contributed by atoms with E-state index in [0.717, 1.165) is 4.90 Å². The van der Waals surface area contributed by atoms with Gasteiger partial charge in [0, 0.05) is 19.2 Å². The topological polar surface area (TPSA) is 89.0 Å². The molecule has 1 unspecified atom stereocenters. The van der Waals surface area contributed by atoms with Gasteiger partial charge in [0.15, 0.2) is 23.9 Å². The molecule has 0 fully saturated rings. The number of aromatic nitrogens is 2. The molecule has 26 heavy (non-hydrogen) atoms. The third kappa shape index (κ3) is 4.32. The van der Waals surface area contributed by atoms with Crippen LogP contribution in [0.4, 0.5) is 0 Å². The molecule has 1 aromatic heterocycles.